The molecule has 0 spiro atoms. The molecule has 2 aliphatic rings. The molecule has 10 heteroatoms. The van der Waals surface area contributed by atoms with Crippen molar-refractivity contribution in [2.75, 3.05) is 64.7 Å². The standard InChI is InChI=1S/C23H33N3O7/c1-2-30-10-11-32-14-15-33-13-12-31-9-8-24-19-5-3-4-17-18(19)16-26(23(17)29)20-6-7-21(27)25-22(20)28/h3-5,20,24H,2,6-16H2,1H3,(H,25,27,28). The van der Waals surface area contributed by atoms with Gasteiger partial charge in [0.1, 0.15) is 6.04 Å². The van der Waals surface area contributed by atoms with E-state index in [1.165, 1.54) is 0 Å². The molecule has 0 saturated carbocycles. The lowest BCUT2D eigenvalue weighted by Gasteiger charge is -2.29. The average molecular weight is 464 g/mol. The van der Waals surface area contributed by atoms with E-state index < -0.39 is 11.9 Å². The van der Waals surface area contributed by atoms with E-state index in [2.05, 4.69) is 10.6 Å². The first-order valence-electron chi connectivity index (χ1n) is 11.4. The summed E-state index contributed by atoms with van der Waals surface area (Å²) >= 11 is 0. The highest BCUT2D eigenvalue weighted by atomic mass is 16.6. The fourth-order valence-electron chi connectivity index (χ4n) is 3.81. The average Bonchev–Trinajstić information content (AvgIpc) is 3.14. The lowest BCUT2D eigenvalue weighted by atomic mass is 10.0. The van der Waals surface area contributed by atoms with Crippen LogP contribution in [0.2, 0.25) is 0 Å². The van der Waals surface area contributed by atoms with Crippen LogP contribution in [0.1, 0.15) is 35.7 Å². The molecule has 1 unspecified atom stereocenters. The topological polar surface area (TPSA) is 115 Å². The van der Waals surface area contributed by atoms with Gasteiger partial charge in [0.25, 0.3) is 5.91 Å². The van der Waals surface area contributed by atoms with Gasteiger partial charge in [-0.3, -0.25) is 19.7 Å². The first-order valence-corrected chi connectivity index (χ1v) is 11.4. The Hall–Kier alpha value is -2.53. The number of amides is 3. The Bertz CT molecular complexity index is 817. The fourth-order valence-corrected chi connectivity index (χ4v) is 3.81. The summed E-state index contributed by atoms with van der Waals surface area (Å²) in [5, 5.41) is 5.63. The van der Waals surface area contributed by atoms with E-state index in [1.807, 2.05) is 19.1 Å². The van der Waals surface area contributed by atoms with Crippen molar-refractivity contribution in [1.82, 2.24) is 10.2 Å². The maximum absolute atomic E-state index is 12.8. The zero-order valence-electron chi connectivity index (χ0n) is 19.1. The molecule has 2 aliphatic heterocycles. The number of nitrogens with one attached hydrogen (secondary N) is 2. The van der Waals surface area contributed by atoms with Crippen molar-refractivity contribution < 1.29 is 33.3 Å². The molecule has 0 radical (unpaired) electrons. The highest BCUT2D eigenvalue weighted by Gasteiger charge is 2.39. The first kappa shape index (κ1) is 25.1. The SMILES string of the molecule is CCOCCOCCOCCOCCNc1cccc2c1CN(C1CCC(=O)NC1=O)C2=O. The molecule has 2 heterocycles. The first-order chi connectivity index (χ1) is 16.1. The molecule has 1 aromatic rings. The molecule has 33 heavy (non-hydrogen) atoms. The Morgan fingerprint density at radius 3 is 2.30 bits per heavy atom. The molecule has 2 N–H and O–H groups in total. The van der Waals surface area contributed by atoms with Crippen molar-refractivity contribution in [1.29, 1.82) is 0 Å². The molecule has 1 fully saturated rings. The van der Waals surface area contributed by atoms with Crippen LogP contribution < -0.4 is 10.6 Å². The highest BCUT2D eigenvalue weighted by molar-refractivity contribution is 6.06. The molecule has 182 valence electrons. The molecule has 3 amide bonds. The predicted molar refractivity (Wildman–Crippen MR) is 120 cm³/mol. The largest absolute Gasteiger partial charge is 0.382 e. The monoisotopic (exact) mass is 463 g/mol. The van der Waals surface area contributed by atoms with Gasteiger partial charge in [0.2, 0.25) is 11.8 Å². The second-order valence-electron chi connectivity index (χ2n) is 7.69. The van der Waals surface area contributed by atoms with E-state index in [0.717, 1.165) is 11.3 Å². The van der Waals surface area contributed by atoms with Crippen molar-refractivity contribution in [2.24, 2.45) is 0 Å². The summed E-state index contributed by atoms with van der Waals surface area (Å²) in [6.45, 7) is 7.22. The van der Waals surface area contributed by atoms with Crippen molar-refractivity contribution in [3.8, 4) is 0 Å². The lowest BCUT2D eigenvalue weighted by Crippen LogP contribution is -2.52. The molecule has 1 saturated heterocycles. The van der Waals surface area contributed by atoms with Crippen LogP contribution in [0.5, 0.6) is 0 Å². The van der Waals surface area contributed by atoms with Crippen LogP contribution in [0, 0.1) is 0 Å². The summed E-state index contributed by atoms with van der Waals surface area (Å²) in [4.78, 5) is 38.0. The normalized spacial score (nSPS) is 17.9. The Morgan fingerprint density at radius 1 is 0.970 bits per heavy atom. The van der Waals surface area contributed by atoms with Gasteiger partial charge >= 0.3 is 0 Å². The van der Waals surface area contributed by atoms with E-state index in [4.69, 9.17) is 18.9 Å². The molecular formula is C23H33N3O7. The van der Waals surface area contributed by atoms with Gasteiger partial charge in [-0.1, -0.05) is 6.07 Å². The van der Waals surface area contributed by atoms with Crippen molar-refractivity contribution in [2.45, 2.75) is 32.4 Å². The van der Waals surface area contributed by atoms with Crippen LogP contribution in [-0.4, -0.2) is 88.1 Å². The minimum absolute atomic E-state index is 0.182. The lowest BCUT2D eigenvalue weighted by molar-refractivity contribution is -0.136. The van der Waals surface area contributed by atoms with Gasteiger partial charge in [-0.2, -0.15) is 0 Å². The Labute approximate surface area is 193 Å². The van der Waals surface area contributed by atoms with Crippen LogP contribution in [0.15, 0.2) is 18.2 Å². The van der Waals surface area contributed by atoms with Crippen LogP contribution in [0.3, 0.4) is 0 Å². The zero-order chi connectivity index (χ0) is 23.5. The number of benzene rings is 1. The number of hydrogen-bond donors (Lipinski definition) is 2. The van der Waals surface area contributed by atoms with Crippen LogP contribution >= 0.6 is 0 Å². The molecule has 0 aromatic heterocycles. The van der Waals surface area contributed by atoms with Crippen LogP contribution in [0.4, 0.5) is 5.69 Å². The summed E-state index contributed by atoms with van der Waals surface area (Å²) in [6, 6.07) is 4.88. The van der Waals surface area contributed by atoms with Crippen molar-refractivity contribution >= 4 is 23.4 Å². The smallest absolute Gasteiger partial charge is 0.255 e. The second kappa shape index (κ2) is 13.2. The number of imide groups is 1. The van der Waals surface area contributed by atoms with Gasteiger partial charge < -0.3 is 29.2 Å². The minimum atomic E-state index is -0.617. The third-order valence-electron chi connectivity index (χ3n) is 5.46. The summed E-state index contributed by atoms with van der Waals surface area (Å²) < 4.78 is 21.6. The molecule has 1 aromatic carbocycles. The third-order valence-corrected chi connectivity index (χ3v) is 5.46. The van der Waals surface area contributed by atoms with Crippen molar-refractivity contribution in [3.05, 3.63) is 29.3 Å². The zero-order valence-corrected chi connectivity index (χ0v) is 19.1. The number of ether oxygens (including phenoxy) is 4. The van der Waals surface area contributed by atoms with E-state index in [1.54, 1.807) is 11.0 Å². The van der Waals surface area contributed by atoms with Gasteiger partial charge in [-0.15, -0.1) is 0 Å². The fraction of sp³-hybridized carbons (Fsp3) is 0.609. The number of piperidine rings is 1. The summed E-state index contributed by atoms with van der Waals surface area (Å²) in [7, 11) is 0. The number of nitrogens with zero attached hydrogens (tertiary/aromatic N) is 1. The van der Waals surface area contributed by atoms with Gasteiger partial charge in [0.15, 0.2) is 0 Å². The highest BCUT2D eigenvalue weighted by Crippen LogP contribution is 2.32. The maximum atomic E-state index is 12.8. The van der Waals surface area contributed by atoms with Gasteiger partial charge in [-0.25, -0.2) is 0 Å². The number of fused-ring (bicyclic) bond motifs is 1. The van der Waals surface area contributed by atoms with E-state index in [-0.39, 0.29) is 18.2 Å². The number of anilines is 1. The summed E-state index contributed by atoms with van der Waals surface area (Å²) in [6.07, 6.45) is 0.589. The quantitative estimate of drug-likeness (QED) is 0.292. The number of rotatable bonds is 15. The maximum Gasteiger partial charge on any atom is 0.255 e. The summed E-state index contributed by atoms with van der Waals surface area (Å²) in [5.74, 6) is -0.882. The van der Waals surface area contributed by atoms with Crippen LogP contribution in [0.25, 0.3) is 0 Å². The molecule has 1 atom stereocenters. The molecule has 0 aliphatic carbocycles. The van der Waals surface area contributed by atoms with E-state index in [0.29, 0.717) is 77.9 Å². The Morgan fingerprint density at radius 2 is 1.64 bits per heavy atom. The molecular weight excluding hydrogens is 430 g/mol. The van der Waals surface area contributed by atoms with Crippen molar-refractivity contribution in [3.63, 3.8) is 0 Å². The van der Waals surface area contributed by atoms with Crippen LogP contribution in [-0.2, 0) is 35.1 Å². The van der Waals surface area contributed by atoms with E-state index >= 15 is 0 Å². The molecule has 0 bridgehead atoms. The van der Waals surface area contributed by atoms with Gasteiger partial charge in [0.05, 0.1) is 46.2 Å². The summed E-state index contributed by atoms with van der Waals surface area (Å²) in [5.41, 5.74) is 2.29. The molecule has 3 rings (SSSR count). The van der Waals surface area contributed by atoms with E-state index in [9.17, 15) is 14.4 Å². The number of hydrogen-bond acceptors (Lipinski definition) is 8. The third kappa shape index (κ3) is 7.23. The number of carbonyl (C=O) groups is 3. The minimum Gasteiger partial charge on any atom is -0.382 e. The second-order valence-corrected chi connectivity index (χ2v) is 7.69. The Kier molecular flexibility index (Phi) is 10.1. The molecule has 10 nitrogen and oxygen atoms in total. The van der Waals surface area contributed by atoms with Gasteiger partial charge in [0, 0.05) is 42.9 Å². The number of carbonyl (C=O) groups excluding carboxylic acids is 3. The van der Waals surface area contributed by atoms with Gasteiger partial charge in [-0.05, 0) is 25.5 Å². The predicted octanol–water partition coefficient (Wildman–Crippen LogP) is 0.946. The Balaban J connectivity index is 1.33.